The van der Waals surface area contributed by atoms with Crippen LogP contribution in [0.4, 0.5) is 0 Å². The highest BCUT2D eigenvalue weighted by molar-refractivity contribution is 6.30. The minimum absolute atomic E-state index is 0.108. The number of rotatable bonds is 17. The van der Waals surface area contributed by atoms with Gasteiger partial charge in [-0.05, 0) is 91.4 Å². The third-order valence-corrected chi connectivity index (χ3v) is 12.6. The summed E-state index contributed by atoms with van der Waals surface area (Å²) >= 11 is 6.06. The molecule has 0 saturated carbocycles. The summed E-state index contributed by atoms with van der Waals surface area (Å²) in [6, 6.07) is 19.3. The predicted octanol–water partition coefficient (Wildman–Crippen LogP) is 5.14. The number of primary amides is 1. The van der Waals surface area contributed by atoms with Crippen LogP contribution in [0.25, 0.3) is 22.3 Å². The van der Waals surface area contributed by atoms with Crippen molar-refractivity contribution in [3.05, 3.63) is 107 Å². The standard InChI is InChI=1S/C50H58ClN5O10/c1-28-21-45(62)46(56(4)49(65)35(7-5-6-20-52)25-43(60)33-11-9-31(10-12-33)32-13-16-37(51)17-14-32)34-15-19-42(59)39(24-34)38-22-30(8-18-41(38)58)23-40(54-48(28)64)44(61)26-36(27-57)50(66)55(3)29(2)47(53)63/h8-19,22,24,28-29,35-36,40,46,57-59H,5-7,20-21,23,25-27,52H2,1-4H3,(H2,53,63)(H,54,64)/t28-,29+,35-,36+,40+,46+/m1/s1. The van der Waals surface area contributed by atoms with E-state index in [1.165, 1.54) is 69.2 Å². The van der Waals surface area contributed by atoms with Crippen LogP contribution >= 0.6 is 11.6 Å². The van der Waals surface area contributed by atoms with Crippen LogP contribution in [0.1, 0.15) is 79.9 Å². The van der Waals surface area contributed by atoms with Gasteiger partial charge in [-0.25, -0.2) is 0 Å². The number of phenolic OH excluding ortho intramolecular Hbond substituents is 2. The molecule has 5 rings (SSSR count). The molecule has 8 N–H and O–H groups in total. The van der Waals surface area contributed by atoms with Crippen molar-refractivity contribution < 1.29 is 48.9 Å². The second-order valence-electron chi connectivity index (χ2n) is 17.1. The van der Waals surface area contributed by atoms with Crippen LogP contribution in [0.3, 0.4) is 0 Å². The Kier molecular flexibility index (Phi) is 17.4. The average molecular weight is 924 g/mol. The van der Waals surface area contributed by atoms with E-state index in [2.05, 4.69) is 5.32 Å². The number of carbonyl (C=O) groups excluding carboxylic acids is 7. The number of aromatic hydroxyl groups is 2. The molecule has 0 aliphatic carbocycles. The summed E-state index contributed by atoms with van der Waals surface area (Å²) in [5, 5.41) is 35.8. The van der Waals surface area contributed by atoms with Crippen molar-refractivity contribution >= 4 is 52.6 Å². The third-order valence-electron chi connectivity index (χ3n) is 12.4. The van der Waals surface area contributed by atoms with Crippen molar-refractivity contribution in [3.63, 3.8) is 0 Å². The Morgan fingerprint density at radius 1 is 0.803 bits per heavy atom. The van der Waals surface area contributed by atoms with E-state index in [9.17, 15) is 48.9 Å². The summed E-state index contributed by atoms with van der Waals surface area (Å²) in [7, 11) is 2.76. The van der Waals surface area contributed by atoms with E-state index in [0.29, 0.717) is 35.5 Å². The van der Waals surface area contributed by atoms with E-state index >= 15 is 0 Å². The summed E-state index contributed by atoms with van der Waals surface area (Å²) < 4.78 is 0. The number of fused-ring (bicyclic) bond motifs is 5. The van der Waals surface area contributed by atoms with E-state index in [1.807, 2.05) is 24.3 Å². The molecular formula is C50H58ClN5O10. The molecule has 1 aliphatic heterocycles. The summed E-state index contributed by atoms with van der Waals surface area (Å²) in [5.41, 5.74) is 14.3. The van der Waals surface area contributed by atoms with Gasteiger partial charge in [0.05, 0.1) is 18.6 Å². The predicted molar refractivity (Wildman–Crippen MR) is 249 cm³/mol. The van der Waals surface area contributed by atoms with Crippen molar-refractivity contribution in [2.45, 2.75) is 76.9 Å². The maximum atomic E-state index is 14.7. The lowest BCUT2D eigenvalue weighted by molar-refractivity contribution is -0.143. The van der Waals surface area contributed by atoms with E-state index in [4.69, 9.17) is 23.1 Å². The SMILES string of the molecule is C[C@@H]1CC(=O)[C@@H](N(C)C(=O)[C@H](CCCCN)CC(=O)c2ccc(-c3ccc(Cl)cc3)cc2)c2ccc(O)c(c2)-c2cc(ccc2O)C[C@@H](C(=O)C[C@@H](CO)C(=O)N(C)[C@@H](C)C(N)=O)NC1=O. The van der Waals surface area contributed by atoms with Gasteiger partial charge in [0.25, 0.3) is 0 Å². The molecular weight excluding hydrogens is 866 g/mol. The smallest absolute Gasteiger partial charge is 0.239 e. The summed E-state index contributed by atoms with van der Waals surface area (Å²) in [4.78, 5) is 98.5. The van der Waals surface area contributed by atoms with Gasteiger partial charge >= 0.3 is 0 Å². The number of amides is 4. The molecule has 6 atom stereocenters. The average Bonchev–Trinajstić information content (AvgIpc) is 3.30. The molecule has 1 heterocycles. The van der Waals surface area contributed by atoms with Crippen LogP contribution in [0, 0.1) is 17.8 Å². The maximum absolute atomic E-state index is 14.7. The van der Waals surface area contributed by atoms with Crippen LogP contribution in [-0.4, -0.2) is 105 Å². The first-order valence-corrected chi connectivity index (χ1v) is 22.3. The lowest BCUT2D eigenvalue weighted by atomic mass is 9.87. The van der Waals surface area contributed by atoms with E-state index in [0.717, 1.165) is 16.0 Å². The van der Waals surface area contributed by atoms with Crippen LogP contribution in [0.2, 0.25) is 5.02 Å². The number of nitrogens with one attached hydrogen (secondary N) is 1. The molecule has 1 aliphatic rings. The zero-order chi connectivity index (χ0) is 48.4. The number of hydrogen-bond acceptors (Lipinski definition) is 11. The Morgan fingerprint density at radius 3 is 2.02 bits per heavy atom. The monoisotopic (exact) mass is 923 g/mol. The fourth-order valence-corrected chi connectivity index (χ4v) is 8.30. The number of unbranched alkanes of at least 4 members (excludes halogenated alkanes) is 1. The van der Waals surface area contributed by atoms with Gasteiger partial charge in [-0.1, -0.05) is 73.5 Å². The van der Waals surface area contributed by atoms with Crippen molar-refractivity contribution in [1.29, 1.82) is 0 Å². The fourth-order valence-electron chi connectivity index (χ4n) is 8.17. The number of phenols is 2. The zero-order valence-corrected chi connectivity index (χ0v) is 38.3. The highest BCUT2D eigenvalue weighted by Crippen LogP contribution is 2.40. The Balaban J connectivity index is 1.48. The molecule has 0 spiro atoms. The molecule has 15 nitrogen and oxygen atoms in total. The van der Waals surface area contributed by atoms with Crippen LogP contribution in [0.15, 0.2) is 84.9 Å². The Morgan fingerprint density at radius 2 is 1.41 bits per heavy atom. The lowest BCUT2D eigenvalue weighted by Gasteiger charge is -2.32. The number of nitrogens with two attached hydrogens (primary N) is 2. The lowest BCUT2D eigenvalue weighted by Crippen LogP contribution is -2.49. The number of aliphatic hydroxyl groups excluding tert-OH is 1. The van der Waals surface area contributed by atoms with Crippen molar-refractivity contribution in [3.8, 4) is 33.8 Å². The fraction of sp³-hybridized carbons (Fsp3) is 0.380. The van der Waals surface area contributed by atoms with Crippen molar-refractivity contribution in [2.24, 2.45) is 29.2 Å². The Hall–Kier alpha value is -6.42. The summed E-state index contributed by atoms with van der Waals surface area (Å²) in [5.74, 6) is -7.93. The highest BCUT2D eigenvalue weighted by atomic mass is 35.5. The molecule has 350 valence electrons. The van der Waals surface area contributed by atoms with Crippen molar-refractivity contribution in [1.82, 2.24) is 15.1 Å². The van der Waals surface area contributed by atoms with Gasteiger partial charge in [0, 0.05) is 66.9 Å². The number of halogens is 1. The topological polar surface area (TPSA) is 251 Å². The van der Waals surface area contributed by atoms with Gasteiger partial charge < -0.3 is 41.9 Å². The molecule has 0 aromatic heterocycles. The molecule has 0 radical (unpaired) electrons. The Labute approximate surface area is 389 Å². The Bertz CT molecular complexity index is 2440. The minimum atomic E-state index is -1.33. The first-order chi connectivity index (χ1) is 31.3. The van der Waals surface area contributed by atoms with Crippen LogP contribution < -0.4 is 16.8 Å². The number of carbonyl (C=O) groups is 7. The van der Waals surface area contributed by atoms with Gasteiger partial charge in [-0.3, -0.25) is 33.6 Å². The second-order valence-corrected chi connectivity index (χ2v) is 17.5. The maximum Gasteiger partial charge on any atom is 0.239 e. The number of hydrogen-bond donors (Lipinski definition) is 6. The quantitative estimate of drug-likeness (QED) is 0.0598. The molecule has 4 amide bonds. The van der Waals surface area contributed by atoms with Crippen molar-refractivity contribution in [2.75, 3.05) is 27.2 Å². The number of ketones is 3. The number of nitrogens with zero attached hydrogens (tertiary/aromatic N) is 2. The molecule has 0 fully saturated rings. The number of Topliss-reactive ketones (excluding diaryl/α,β-unsaturated/α-hetero) is 3. The van der Waals surface area contributed by atoms with Gasteiger partial charge in [0.1, 0.15) is 23.6 Å². The normalized spacial score (nSPS) is 17.7. The van der Waals surface area contributed by atoms with Gasteiger partial charge in [-0.2, -0.15) is 0 Å². The third kappa shape index (κ3) is 12.3. The second kappa shape index (κ2) is 22.7. The van der Waals surface area contributed by atoms with Gasteiger partial charge in [-0.15, -0.1) is 0 Å². The molecule has 4 aromatic carbocycles. The summed E-state index contributed by atoms with van der Waals surface area (Å²) in [6.45, 7) is 2.51. The minimum Gasteiger partial charge on any atom is -0.507 e. The van der Waals surface area contributed by atoms with Gasteiger partial charge in [0.2, 0.25) is 23.6 Å². The molecule has 66 heavy (non-hydrogen) atoms. The molecule has 16 heteroatoms. The highest BCUT2D eigenvalue weighted by Gasteiger charge is 2.37. The van der Waals surface area contributed by atoms with E-state index < -0.39 is 90.5 Å². The van der Waals surface area contributed by atoms with Crippen LogP contribution in [-0.2, 0) is 35.2 Å². The number of aliphatic hydroxyl groups is 1. The molecule has 4 bridgehead atoms. The summed E-state index contributed by atoms with van der Waals surface area (Å²) in [6.07, 6.45) is 0.136. The van der Waals surface area contributed by atoms with Crippen LogP contribution in [0.5, 0.6) is 11.5 Å². The van der Waals surface area contributed by atoms with E-state index in [-0.39, 0.29) is 53.2 Å². The zero-order valence-electron chi connectivity index (χ0n) is 37.5. The molecule has 0 saturated heterocycles. The largest absolute Gasteiger partial charge is 0.507 e. The number of benzene rings is 4. The number of likely N-dealkylation sites (N-methyl/N-ethyl adjacent to an activating group) is 2. The van der Waals surface area contributed by atoms with E-state index in [1.54, 1.807) is 24.3 Å². The molecule has 4 aromatic rings. The first kappa shape index (κ1) is 50.6. The first-order valence-electron chi connectivity index (χ1n) is 21.9. The van der Waals surface area contributed by atoms with Gasteiger partial charge in [0.15, 0.2) is 17.3 Å². The molecule has 0 unspecified atom stereocenters.